The highest BCUT2D eigenvalue weighted by atomic mass is 16.5. The first kappa shape index (κ1) is 18.2. The van der Waals surface area contributed by atoms with Gasteiger partial charge in [0.2, 0.25) is 11.7 Å². The molecule has 26 heavy (non-hydrogen) atoms. The Morgan fingerprint density at radius 3 is 2.85 bits per heavy atom. The van der Waals surface area contributed by atoms with E-state index < -0.39 is 0 Å². The summed E-state index contributed by atoms with van der Waals surface area (Å²) in [5.41, 5.74) is 2.72. The van der Waals surface area contributed by atoms with E-state index in [-0.39, 0.29) is 17.6 Å². The number of likely N-dealkylation sites (tertiary alicyclic amines) is 1. The zero-order chi connectivity index (χ0) is 18.4. The first-order chi connectivity index (χ1) is 12.6. The molecule has 2 amide bonds. The van der Waals surface area contributed by atoms with Crippen LogP contribution in [0.1, 0.15) is 48.2 Å². The number of carbonyl (C=O) groups is 2. The summed E-state index contributed by atoms with van der Waals surface area (Å²) < 4.78 is 5.17. The second kappa shape index (κ2) is 8.65. The maximum atomic E-state index is 12.2. The Bertz CT molecular complexity index is 752. The van der Waals surface area contributed by atoms with Crippen molar-refractivity contribution in [3.05, 3.63) is 41.7 Å². The number of hydrogen-bond acceptors (Lipinski definition) is 4. The first-order valence-electron chi connectivity index (χ1n) is 9.23. The summed E-state index contributed by atoms with van der Waals surface area (Å²) in [4.78, 5) is 26.0. The molecule has 0 radical (unpaired) electrons. The highest BCUT2D eigenvalue weighted by Gasteiger charge is 2.17. The predicted octanol–water partition coefficient (Wildman–Crippen LogP) is 3.17. The number of nitrogens with zero attached hydrogens (tertiary/aromatic N) is 2. The lowest BCUT2D eigenvalue weighted by Gasteiger charge is -2.20. The number of aryl methyl sites for hydroxylation is 1. The van der Waals surface area contributed by atoms with E-state index in [1.54, 1.807) is 6.07 Å². The third-order valence-corrected chi connectivity index (χ3v) is 4.64. The lowest BCUT2D eigenvalue weighted by molar-refractivity contribution is -0.130. The Labute approximate surface area is 153 Å². The number of hydrogen-bond donors (Lipinski definition) is 1. The molecule has 1 aliphatic rings. The molecule has 3 rings (SSSR count). The Morgan fingerprint density at radius 2 is 2.04 bits per heavy atom. The Kier molecular flexibility index (Phi) is 6.04. The molecule has 1 fully saturated rings. The molecular weight excluding hydrogens is 330 g/mol. The molecule has 1 saturated heterocycles. The van der Waals surface area contributed by atoms with E-state index >= 15 is 0 Å². The molecule has 0 unspecified atom stereocenters. The molecule has 138 valence electrons. The normalized spacial score (nSPS) is 15.0. The predicted molar refractivity (Wildman–Crippen MR) is 98.7 cm³/mol. The fourth-order valence-electron chi connectivity index (χ4n) is 3.08. The Balaban J connectivity index is 1.46. The molecule has 6 heteroatoms. The monoisotopic (exact) mass is 355 g/mol. The van der Waals surface area contributed by atoms with E-state index in [9.17, 15) is 9.59 Å². The number of rotatable bonds is 6. The lowest BCUT2D eigenvalue weighted by Crippen LogP contribution is -2.33. The van der Waals surface area contributed by atoms with Crippen molar-refractivity contribution in [2.45, 2.75) is 39.0 Å². The molecule has 1 N–H and O–H groups in total. The smallest absolute Gasteiger partial charge is 0.289 e. The van der Waals surface area contributed by atoms with Gasteiger partial charge in [-0.3, -0.25) is 9.59 Å². The van der Waals surface area contributed by atoms with Gasteiger partial charge in [0.25, 0.3) is 5.91 Å². The van der Waals surface area contributed by atoms with Gasteiger partial charge in [0.15, 0.2) is 0 Å². The van der Waals surface area contributed by atoms with Crippen molar-refractivity contribution in [1.82, 2.24) is 15.4 Å². The molecule has 0 aliphatic carbocycles. The van der Waals surface area contributed by atoms with E-state index in [1.165, 1.54) is 0 Å². The van der Waals surface area contributed by atoms with E-state index in [1.807, 2.05) is 36.1 Å². The van der Waals surface area contributed by atoms with E-state index in [4.69, 9.17) is 4.52 Å². The zero-order valence-electron chi connectivity index (χ0n) is 15.2. The van der Waals surface area contributed by atoms with E-state index in [0.717, 1.165) is 43.4 Å². The van der Waals surface area contributed by atoms with Crippen molar-refractivity contribution >= 4 is 11.8 Å². The minimum absolute atomic E-state index is 0.200. The van der Waals surface area contributed by atoms with Gasteiger partial charge in [-0.25, -0.2) is 0 Å². The van der Waals surface area contributed by atoms with Gasteiger partial charge >= 0.3 is 0 Å². The van der Waals surface area contributed by atoms with Crippen LogP contribution in [-0.2, 0) is 4.79 Å². The van der Waals surface area contributed by atoms with Gasteiger partial charge in [0, 0.05) is 37.7 Å². The van der Waals surface area contributed by atoms with Crippen LogP contribution in [0.5, 0.6) is 0 Å². The molecule has 0 saturated carbocycles. The topological polar surface area (TPSA) is 75.4 Å². The average molecular weight is 355 g/mol. The summed E-state index contributed by atoms with van der Waals surface area (Å²) in [6.07, 6.45) is 4.55. The Morgan fingerprint density at radius 1 is 1.23 bits per heavy atom. The van der Waals surface area contributed by atoms with Crippen molar-refractivity contribution < 1.29 is 14.1 Å². The third kappa shape index (κ3) is 4.71. The molecule has 0 spiro atoms. The van der Waals surface area contributed by atoms with Crippen molar-refractivity contribution in [1.29, 1.82) is 0 Å². The molecule has 2 aromatic rings. The van der Waals surface area contributed by atoms with Crippen LogP contribution >= 0.6 is 0 Å². The standard InChI is InChI=1S/C20H25N3O3/c1-15-7-9-16(10-8-15)17-14-18(26-22-17)20(25)21-11-5-13-23-12-4-2-3-6-19(23)24/h7-10,14H,2-6,11-13H2,1H3,(H,21,25). The van der Waals surface area contributed by atoms with Gasteiger partial charge in [-0.15, -0.1) is 0 Å². The summed E-state index contributed by atoms with van der Waals surface area (Å²) in [5.74, 6) is 0.149. The van der Waals surface area contributed by atoms with Gasteiger partial charge in [-0.1, -0.05) is 41.4 Å². The third-order valence-electron chi connectivity index (χ3n) is 4.64. The molecule has 0 atom stereocenters. The van der Waals surface area contributed by atoms with Crippen molar-refractivity contribution in [3.63, 3.8) is 0 Å². The molecule has 0 bridgehead atoms. The van der Waals surface area contributed by atoms with Gasteiger partial charge in [0.05, 0.1) is 0 Å². The summed E-state index contributed by atoms with van der Waals surface area (Å²) in [6, 6.07) is 9.54. The van der Waals surface area contributed by atoms with Gasteiger partial charge in [-0.2, -0.15) is 0 Å². The average Bonchev–Trinajstić information content (AvgIpc) is 3.04. The van der Waals surface area contributed by atoms with Crippen LogP contribution in [0.2, 0.25) is 0 Å². The van der Waals surface area contributed by atoms with Gasteiger partial charge in [-0.05, 0) is 26.2 Å². The highest BCUT2D eigenvalue weighted by molar-refractivity contribution is 5.92. The van der Waals surface area contributed by atoms with Crippen LogP contribution in [0.15, 0.2) is 34.9 Å². The molecule has 2 heterocycles. The number of carbonyl (C=O) groups excluding carboxylic acids is 2. The number of amides is 2. The van der Waals surface area contributed by atoms with Crippen molar-refractivity contribution in [3.8, 4) is 11.3 Å². The molecule has 1 aromatic heterocycles. The fraction of sp³-hybridized carbons (Fsp3) is 0.450. The van der Waals surface area contributed by atoms with Gasteiger partial charge < -0.3 is 14.7 Å². The highest BCUT2D eigenvalue weighted by Crippen LogP contribution is 2.19. The SMILES string of the molecule is Cc1ccc(-c2cc(C(=O)NCCCN3CCCCCC3=O)on2)cc1. The first-order valence-corrected chi connectivity index (χ1v) is 9.23. The molecule has 6 nitrogen and oxygen atoms in total. The molecule has 1 aliphatic heterocycles. The van der Waals surface area contributed by atoms with Crippen LogP contribution in [0.4, 0.5) is 0 Å². The summed E-state index contributed by atoms with van der Waals surface area (Å²) in [5, 5.41) is 6.80. The van der Waals surface area contributed by atoms with Crippen LogP contribution in [0.3, 0.4) is 0 Å². The second-order valence-electron chi connectivity index (χ2n) is 6.74. The fourth-order valence-corrected chi connectivity index (χ4v) is 3.08. The maximum absolute atomic E-state index is 12.2. The summed E-state index contributed by atoms with van der Waals surface area (Å²) in [6.45, 7) is 4.03. The largest absolute Gasteiger partial charge is 0.350 e. The van der Waals surface area contributed by atoms with E-state index in [2.05, 4.69) is 10.5 Å². The van der Waals surface area contributed by atoms with Crippen molar-refractivity contribution in [2.24, 2.45) is 0 Å². The summed E-state index contributed by atoms with van der Waals surface area (Å²) >= 11 is 0. The maximum Gasteiger partial charge on any atom is 0.289 e. The number of benzene rings is 1. The van der Waals surface area contributed by atoms with E-state index in [0.29, 0.717) is 25.2 Å². The molecular formula is C20H25N3O3. The Hall–Kier alpha value is -2.63. The minimum Gasteiger partial charge on any atom is -0.350 e. The summed E-state index contributed by atoms with van der Waals surface area (Å²) in [7, 11) is 0. The number of aromatic nitrogens is 1. The van der Waals surface area contributed by atoms with Crippen LogP contribution in [0.25, 0.3) is 11.3 Å². The minimum atomic E-state index is -0.280. The number of nitrogens with one attached hydrogen (secondary N) is 1. The molecule has 1 aromatic carbocycles. The second-order valence-corrected chi connectivity index (χ2v) is 6.74. The van der Waals surface area contributed by atoms with Crippen LogP contribution < -0.4 is 5.32 Å². The van der Waals surface area contributed by atoms with Gasteiger partial charge in [0.1, 0.15) is 5.69 Å². The quantitative estimate of drug-likeness (QED) is 0.808. The van der Waals surface area contributed by atoms with Crippen LogP contribution in [-0.4, -0.2) is 41.5 Å². The van der Waals surface area contributed by atoms with Crippen LogP contribution in [0, 0.1) is 6.92 Å². The lowest BCUT2D eigenvalue weighted by atomic mass is 10.1. The van der Waals surface area contributed by atoms with Crippen molar-refractivity contribution in [2.75, 3.05) is 19.6 Å². The zero-order valence-corrected chi connectivity index (χ0v) is 15.2.